The number of hydrogen-bond acceptors (Lipinski definition) is 1. The quantitative estimate of drug-likeness (QED) is 0.620. The van der Waals surface area contributed by atoms with Gasteiger partial charge in [-0.2, -0.15) is 0 Å². The van der Waals surface area contributed by atoms with Crippen molar-refractivity contribution in [1.29, 1.82) is 0 Å². The number of carbonyl (C=O) groups excluding carboxylic acids is 1. The molecule has 1 heteroatoms. The van der Waals surface area contributed by atoms with Gasteiger partial charge in [0.2, 0.25) is 0 Å². The molecule has 0 bridgehead atoms. The molecule has 0 saturated heterocycles. The van der Waals surface area contributed by atoms with E-state index < -0.39 is 5.41 Å². The molecule has 1 nitrogen and oxygen atoms in total. The predicted molar refractivity (Wildman–Crippen MR) is 102 cm³/mol. The summed E-state index contributed by atoms with van der Waals surface area (Å²) in [6.45, 7) is 0. The fourth-order valence-corrected chi connectivity index (χ4v) is 4.47. The lowest BCUT2D eigenvalue weighted by atomic mass is 9.56. The molecule has 0 heterocycles. The van der Waals surface area contributed by atoms with Gasteiger partial charge in [-0.1, -0.05) is 91.0 Å². The molecule has 0 aromatic heterocycles. The molecule has 0 radical (unpaired) electrons. The summed E-state index contributed by atoms with van der Waals surface area (Å²) >= 11 is 0. The van der Waals surface area contributed by atoms with E-state index in [1.165, 1.54) is 5.56 Å². The molecule has 0 aliphatic heterocycles. The molecule has 1 unspecified atom stereocenters. The Labute approximate surface area is 149 Å². The molecule has 1 atom stereocenters. The van der Waals surface area contributed by atoms with Gasteiger partial charge in [0.05, 0.1) is 5.41 Å². The Morgan fingerprint density at radius 2 is 1.16 bits per heavy atom. The summed E-state index contributed by atoms with van der Waals surface area (Å²) in [4.78, 5) is 13.5. The fourth-order valence-electron chi connectivity index (χ4n) is 4.47. The molecule has 3 aromatic rings. The van der Waals surface area contributed by atoms with Crippen molar-refractivity contribution in [2.45, 2.75) is 30.6 Å². The monoisotopic (exact) mass is 326 g/mol. The second-order valence-electron chi connectivity index (χ2n) is 6.82. The molecule has 3 aromatic carbocycles. The van der Waals surface area contributed by atoms with E-state index in [9.17, 15) is 4.79 Å². The third-order valence-electron chi connectivity index (χ3n) is 5.52. The molecule has 0 spiro atoms. The number of rotatable bonds is 3. The van der Waals surface area contributed by atoms with Crippen molar-refractivity contribution in [2.75, 3.05) is 0 Å². The van der Waals surface area contributed by atoms with Crippen molar-refractivity contribution in [3.05, 3.63) is 108 Å². The zero-order valence-corrected chi connectivity index (χ0v) is 14.3. The van der Waals surface area contributed by atoms with Crippen LogP contribution in [0.3, 0.4) is 0 Å². The molecule has 0 amide bonds. The summed E-state index contributed by atoms with van der Waals surface area (Å²) in [5.74, 6) is 0.504. The minimum absolute atomic E-state index is 0.166. The molecule has 25 heavy (non-hydrogen) atoms. The Morgan fingerprint density at radius 1 is 0.680 bits per heavy atom. The molecular formula is C24H22O. The molecule has 4 rings (SSSR count). The first kappa shape index (κ1) is 15.8. The highest BCUT2D eigenvalue weighted by Gasteiger charge is 2.50. The summed E-state index contributed by atoms with van der Waals surface area (Å²) in [6.07, 6.45) is 2.63. The zero-order chi connectivity index (χ0) is 17.1. The average molecular weight is 326 g/mol. The van der Waals surface area contributed by atoms with Crippen LogP contribution in [0.1, 0.15) is 41.9 Å². The normalized spacial score (nSPS) is 19.5. The highest BCUT2D eigenvalue weighted by molar-refractivity contribution is 5.96. The number of hydrogen-bond donors (Lipinski definition) is 0. The predicted octanol–water partition coefficient (Wildman–Crippen LogP) is 5.51. The van der Waals surface area contributed by atoms with Gasteiger partial charge < -0.3 is 0 Å². The first-order chi connectivity index (χ1) is 12.3. The van der Waals surface area contributed by atoms with Crippen LogP contribution in [0.25, 0.3) is 0 Å². The molecule has 1 saturated carbocycles. The van der Waals surface area contributed by atoms with Gasteiger partial charge in [-0.3, -0.25) is 4.79 Å². The second kappa shape index (κ2) is 6.68. The molecule has 1 aliphatic carbocycles. The standard InChI is InChI=1S/C24H22O/c25-23-18-10-17-22(19-11-4-1-5-12-19)24(23,20-13-6-2-7-14-20)21-15-8-3-9-16-21/h1-9,11-16,22H,10,17-18H2. The highest BCUT2D eigenvalue weighted by Crippen LogP contribution is 2.51. The largest absolute Gasteiger partial charge is 0.298 e. The Hall–Kier alpha value is -2.67. The van der Waals surface area contributed by atoms with Crippen molar-refractivity contribution < 1.29 is 4.79 Å². The first-order valence-electron chi connectivity index (χ1n) is 9.03. The first-order valence-corrected chi connectivity index (χ1v) is 9.03. The third kappa shape index (κ3) is 2.60. The van der Waals surface area contributed by atoms with Crippen LogP contribution >= 0.6 is 0 Å². The molecule has 1 fully saturated rings. The topological polar surface area (TPSA) is 17.1 Å². The van der Waals surface area contributed by atoms with Crippen LogP contribution in [0.5, 0.6) is 0 Å². The summed E-state index contributed by atoms with van der Waals surface area (Å²) in [7, 11) is 0. The second-order valence-corrected chi connectivity index (χ2v) is 6.82. The van der Waals surface area contributed by atoms with Crippen molar-refractivity contribution in [3.63, 3.8) is 0 Å². The molecular weight excluding hydrogens is 304 g/mol. The number of carbonyl (C=O) groups is 1. The van der Waals surface area contributed by atoms with Gasteiger partial charge in [0.15, 0.2) is 0 Å². The van der Waals surface area contributed by atoms with E-state index in [1.807, 2.05) is 42.5 Å². The van der Waals surface area contributed by atoms with Crippen molar-refractivity contribution in [1.82, 2.24) is 0 Å². The van der Waals surface area contributed by atoms with Crippen LogP contribution in [0.4, 0.5) is 0 Å². The Bertz CT molecular complexity index is 798. The van der Waals surface area contributed by atoms with Gasteiger partial charge in [-0.15, -0.1) is 0 Å². The van der Waals surface area contributed by atoms with E-state index in [0.29, 0.717) is 12.2 Å². The summed E-state index contributed by atoms with van der Waals surface area (Å²) in [5.41, 5.74) is 2.88. The summed E-state index contributed by atoms with van der Waals surface area (Å²) in [5, 5.41) is 0. The highest BCUT2D eigenvalue weighted by atomic mass is 16.1. The van der Waals surface area contributed by atoms with Gasteiger partial charge in [-0.25, -0.2) is 0 Å². The SMILES string of the molecule is O=C1CCCC(c2ccccc2)C1(c1ccccc1)c1ccccc1. The minimum Gasteiger partial charge on any atom is -0.298 e. The van der Waals surface area contributed by atoms with Crippen LogP contribution < -0.4 is 0 Å². The average Bonchev–Trinajstić information content (AvgIpc) is 2.70. The number of ketones is 1. The van der Waals surface area contributed by atoms with Crippen LogP contribution in [0.15, 0.2) is 91.0 Å². The number of Topliss-reactive ketones (excluding diaryl/α,β-unsaturated/α-hetero) is 1. The Morgan fingerprint density at radius 3 is 1.68 bits per heavy atom. The van der Waals surface area contributed by atoms with E-state index in [4.69, 9.17) is 0 Å². The van der Waals surface area contributed by atoms with E-state index in [0.717, 1.165) is 24.0 Å². The van der Waals surface area contributed by atoms with Gasteiger partial charge in [-0.05, 0) is 29.5 Å². The molecule has 1 aliphatic rings. The van der Waals surface area contributed by atoms with Crippen LogP contribution in [0.2, 0.25) is 0 Å². The van der Waals surface area contributed by atoms with Crippen LogP contribution in [0, 0.1) is 0 Å². The van der Waals surface area contributed by atoms with Crippen molar-refractivity contribution in [3.8, 4) is 0 Å². The summed E-state index contributed by atoms with van der Waals surface area (Å²) in [6, 6.07) is 31.2. The third-order valence-corrected chi connectivity index (χ3v) is 5.52. The Balaban J connectivity index is 2.01. The van der Waals surface area contributed by atoms with E-state index >= 15 is 0 Å². The van der Waals surface area contributed by atoms with Gasteiger partial charge >= 0.3 is 0 Å². The zero-order valence-electron chi connectivity index (χ0n) is 14.3. The minimum atomic E-state index is -0.595. The summed E-state index contributed by atoms with van der Waals surface area (Å²) < 4.78 is 0. The van der Waals surface area contributed by atoms with Crippen LogP contribution in [-0.2, 0) is 10.2 Å². The van der Waals surface area contributed by atoms with Gasteiger partial charge in [0.1, 0.15) is 5.78 Å². The van der Waals surface area contributed by atoms with Crippen molar-refractivity contribution in [2.24, 2.45) is 0 Å². The lowest BCUT2D eigenvalue weighted by Gasteiger charge is -2.44. The Kier molecular flexibility index (Phi) is 4.23. The molecule has 124 valence electrons. The van der Waals surface area contributed by atoms with E-state index in [1.54, 1.807) is 0 Å². The van der Waals surface area contributed by atoms with Crippen LogP contribution in [-0.4, -0.2) is 5.78 Å². The number of benzene rings is 3. The van der Waals surface area contributed by atoms with E-state index in [-0.39, 0.29) is 5.92 Å². The lowest BCUT2D eigenvalue weighted by Crippen LogP contribution is -2.45. The maximum absolute atomic E-state index is 13.5. The lowest BCUT2D eigenvalue weighted by molar-refractivity contribution is -0.125. The van der Waals surface area contributed by atoms with Crippen molar-refractivity contribution >= 4 is 5.78 Å². The van der Waals surface area contributed by atoms with Gasteiger partial charge in [0, 0.05) is 12.3 Å². The van der Waals surface area contributed by atoms with E-state index in [2.05, 4.69) is 48.5 Å². The molecule has 0 N–H and O–H groups in total. The fraction of sp³-hybridized carbons (Fsp3) is 0.208. The maximum Gasteiger partial charge on any atom is 0.148 e. The smallest absolute Gasteiger partial charge is 0.148 e. The maximum atomic E-state index is 13.5. The van der Waals surface area contributed by atoms with Gasteiger partial charge in [0.25, 0.3) is 0 Å².